The summed E-state index contributed by atoms with van der Waals surface area (Å²) in [4.78, 5) is 18.5. The van der Waals surface area contributed by atoms with Gasteiger partial charge in [0.25, 0.3) is 0 Å². The second-order valence-electron chi connectivity index (χ2n) is 6.46. The van der Waals surface area contributed by atoms with Crippen molar-refractivity contribution in [3.63, 3.8) is 0 Å². The van der Waals surface area contributed by atoms with Gasteiger partial charge >= 0.3 is 0 Å². The van der Waals surface area contributed by atoms with Gasteiger partial charge in [-0.15, -0.1) is 11.3 Å². The van der Waals surface area contributed by atoms with Gasteiger partial charge in [-0.1, -0.05) is 30.3 Å². The van der Waals surface area contributed by atoms with Crippen molar-refractivity contribution >= 4 is 17.2 Å². The molecular weight excluding hydrogens is 304 g/mol. The first kappa shape index (κ1) is 16.2. The summed E-state index contributed by atoms with van der Waals surface area (Å²) in [5, 5.41) is 2.15. The van der Waals surface area contributed by atoms with Gasteiger partial charge in [0.1, 0.15) is 0 Å². The number of hydrogen-bond acceptors (Lipinski definition) is 3. The normalized spacial score (nSPS) is 17.6. The Hall–Kier alpha value is -1.65. The van der Waals surface area contributed by atoms with Crippen LogP contribution in [-0.2, 0) is 11.2 Å². The lowest BCUT2D eigenvalue weighted by atomic mass is 9.93. The van der Waals surface area contributed by atoms with E-state index in [2.05, 4.69) is 59.4 Å². The minimum atomic E-state index is 0.0549. The molecule has 1 atom stereocenters. The fourth-order valence-corrected chi connectivity index (χ4v) is 3.97. The molecule has 2 heterocycles. The number of fused-ring (bicyclic) bond motifs is 1. The van der Waals surface area contributed by atoms with Crippen LogP contribution in [0.1, 0.15) is 35.9 Å². The largest absolute Gasteiger partial charge is 0.330 e. The predicted octanol–water partition coefficient (Wildman–Crippen LogP) is 3.56. The first-order valence-electron chi connectivity index (χ1n) is 8.19. The van der Waals surface area contributed by atoms with E-state index in [1.54, 1.807) is 0 Å². The summed E-state index contributed by atoms with van der Waals surface area (Å²) in [6.07, 6.45) is 0.966. The van der Waals surface area contributed by atoms with Crippen LogP contribution in [-0.4, -0.2) is 41.9 Å². The Bertz CT molecular complexity index is 665. The highest BCUT2D eigenvalue weighted by Crippen LogP contribution is 2.37. The van der Waals surface area contributed by atoms with Crippen molar-refractivity contribution in [1.29, 1.82) is 0 Å². The molecule has 0 fully saturated rings. The van der Waals surface area contributed by atoms with Gasteiger partial charge in [0.05, 0.1) is 12.6 Å². The van der Waals surface area contributed by atoms with Crippen molar-refractivity contribution in [1.82, 2.24) is 9.80 Å². The third kappa shape index (κ3) is 3.33. The van der Waals surface area contributed by atoms with Crippen LogP contribution in [0, 0.1) is 0 Å². The average Bonchev–Trinajstić information content (AvgIpc) is 3.03. The third-order valence-corrected chi connectivity index (χ3v) is 5.66. The SMILES string of the molecule is CC(C)N(C)CC(=O)N1CCc2sccc2C1c1ccccc1. The maximum absolute atomic E-state index is 12.9. The van der Waals surface area contributed by atoms with E-state index in [-0.39, 0.29) is 11.9 Å². The van der Waals surface area contributed by atoms with Crippen LogP contribution in [0.25, 0.3) is 0 Å². The predicted molar refractivity (Wildman–Crippen MR) is 95.8 cm³/mol. The highest BCUT2D eigenvalue weighted by molar-refractivity contribution is 7.10. The van der Waals surface area contributed by atoms with Crippen molar-refractivity contribution in [3.8, 4) is 0 Å². The molecule has 0 radical (unpaired) electrons. The van der Waals surface area contributed by atoms with Crippen LogP contribution < -0.4 is 0 Å². The van der Waals surface area contributed by atoms with Crippen LogP contribution in [0.4, 0.5) is 0 Å². The molecule has 23 heavy (non-hydrogen) atoms. The molecule has 0 spiro atoms. The van der Waals surface area contributed by atoms with Crippen molar-refractivity contribution in [3.05, 3.63) is 57.8 Å². The molecule has 1 amide bonds. The molecule has 1 aliphatic rings. The van der Waals surface area contributed by atoms with Gasteiger partial charge in [-0.2, -0.15) is 0 Å². The third-order valence-electron chi connectivity index (χ3n) is 4.67. The molecule has 2 aromatic rings. The Kier molecular flexibility index (Phi) is 4.83. The van der Waals surface area contributed by atoms with Crippen molar-refractivity contribution in [2.45, 2.75) is 32.4 Å². The Morgan fingerprint density at radius 3 is 2.74 bits per heavy atom. The molecule has 0 bridgehead atoms. The van der Waals surface area contributed by atoms with Crippen LogP contribution in [0.5, 0.6) is 0 Å². The molecule has 0 saturated carbocycles. The molecular formula is C19H24N2OS. The van der Waals surface area contributed by atoms with E-state index in [4.69, 9.17) is 0 Å². The molecule has 1 aliphatic heterocycles. The summed E-state index contributed by atoms with van der Waals surface area (Å²) in [5.74, 6) is 0.215. The van der Waals surface area contributed by atoms with Crippen LogP contribution in [0.2, 0.25) is 0 Å². The van der Waals surface area contributed by atoms with Gasteiger partial charge in [0, 0.05) is 17.5 Å². The zero-order valence-electron chi connectivity index (χ0n) is 14.0. The summed E-state index contributed by atoms with van der Waals surface area (Å²) in [6.45, 7) is 5.52. The van der Waals surface area contributed by atoms with E-state index in [0.717, 1.165) is 13.0 Å². The molecule has 0 N–H and O–H groups in total. The summed E-state index contributed by atoms with van der Waals surface area (Å²) >= 11 is 1.81. The Balaban J connectivity index is 1.91. The molecule has 3 rings (SSSR count). The Labute approximate surface area is 142 Å². The number of carbonyl (C=O) groups is 1. The number of thiophene rings is 1. The first-order chi connectivity index (χ1) is 11.1. The van der Waals surface area contributed by atoms with E-state index < -0.39 is 0 Å². The zero-order chi connectivity index (χ0) is 16.4. The van der Waals surface area contributed by atoms with Gasteiger partial charge in [0.15, 0.2) is 0 Å². The van der Waals surface area contributed by atoms with E-state index in [1.807, 2.05) is 24.5 Å². The summed E-state index contributed by atoms with van der Waals surface area (Å²) in [7, 11) is 2.01. The zero-order valence-corrected chi connectivity index (χ0v) is 14.8. The van der Waals surface area contributed by atoms with Crippen molar-refractivity contribution in [2.75, 3.05) is 20.1 Å². The van der Waals surface area contributed by atoms with E-state index in [9.17, 15) is 4.79 Å². The van der Waals surface area contributed by atoms with Gasteiger partial charge in [0.2, 0.25) is 5.91 Å². The molecule has 1 aromatic heterocycles. The minimum Gasteiger partial charge on any atom is -0.330 e. The average molecular weight is 328 g/mol. The number of carbonyl (C=O) groups excluding carboxylic acids is 1. The number of nitrogens with zero attached hydrogens (tertiary/aromatic N) is 2. The summed E-state index contributed by atoms with van der Waals surface area (Å²) in [6, 6.07) is 13.0. The highest BCUT2D eigenvalue weighted by atomic mass is 32.1. The number of amides is 1. The topological polar surface area (TPSA) is 23.6 Å². The van der Waals surface area contributed by atoms with Crippen LogP contribution in [0.15, 0.2) is 41.8 Å². The fourth-order valence-electron chi connectivity index (χ4n) is 3.07. The van der Waals surface area contributed by atoms with Crippen LogP contribution >= 0.6 is 11.3 Å². The lowest BCUT2D eigenvalue weighted by Gasteiger charge is -2.37. The minimum absolute atomic E-state index is 0.0549. The van der Waals surface area contributed by atoms with Crippen molar-refractivity contribution < 1.29 is 4.79 Å². The van der Waals surface area contributed by atoms with Gasteiger partial charge in [-0.3, -0.25) is 9.69 Å². The Morgan fingerprint density at radius 2 is 2.04 bits per heavy atom. The monoisotopic (exact) mass is 328 g/mol. The summed E-state index contributed by atoms with van der Waals surface area (Å²) < 4.78 is 0. The maximum Gasteiger partial charge on any atom is 0.237 e. The van der Waals surface area contributed by atoms with Crippen molar-refractivity contribution in [2.24, 2.45) is 0 Å². The first-order valence-corrected chi connectivity index (χ1v) is 9.07. The molecule has 3 nitrogen and oxygen atoms in total. The standard InChI is InChI=1S/C19H24N2OS/c1-14(2)20(3)13-18(22)21-11-9-17-16(10-12-23-17)19(21)15-7-5-4-6-8-15/h4-8,10,12,14,19H,9,11,13H2,1-3H3. The second kappa shape index (κ2) is 6.85. The number of rotatable bonds is 4. The van der Waals surface area contributed by atoms with Gasteiger partial charge < -0.3 is 4.90 Å². The quantitative estimate of drug-likeness (QED) is 0.857. The smallest absolute Gasteiger partial charge is 0.237 e. The Morgan fingerprint density at radius 1 is 1.30 bits per heavy atom. The van der Waals surface area contributed by atoms with E-state index >= 15 is 0 Å². The molecule has 1 aromatic carbocycles. The molecule has 0 saturated heterocycles. The second-order valence-corrected chi connectivity index (χ2v) is 7.46. The van der Waals surface area contributed by atoms with Crippen LogP contribution in [0.3, 0.4) is 0 Å². The lowest BCUT2D eigenvalue weighted by molar-refractivity contribution is -0.134. The molecule has 0 aliphatic carbocycles. The lowest BCUT2D eigenvalue weighted by Crippen LogP contribution is -2.45. The number of benzene rings is 1. The van der Waals surface area contributed by atoms with E-state index in [0.29, 0.717) is 12.6 Å². The number of hydrogen-bond donors (Lipinski definition) is 0. The summed E-state index contributed by atoms with van der Waals surface area (Å²) in [5.41, 5.74) is 2.50. The van der Waals surface area contributed by atoms with Gasteiger partial charge in [-0.05, 0) is 49.9 Å². The number of likely N-dealkylation sites (N-methyl/N-ethyl adjacent to an activating group) is 1. The molecule has 122 valence electrons. The van der Waals surface area contributed by atoms with E-state index in [1.165, 1.54) is 16.0 Å². The van der Waals surface area contributed by atoms with Gasteiger partial charge in [-0.25, -0.2) is 0 Å². The highest BCUT2D eigenvalue weighted by Gasteiger charge is 2.32. The molecule has 4 heteroatoms. The molecule has 1 unspecified atom stereocenters. The fraction of sp³-hybridized carbons (Fsp3) is 0.421. The maximum atomic E-state index is 12.9.